The van der Waals surface area contributed by atoms with Crippen molar-refractivity contribution < 1.29 is 9.53 Å². The smallest absolute Gasteiger partial charge is 0.257 e. The number of amides is 1. The van der Waals surface area contributed by atoms with Gasteiger partial charge in [0.2, 0.25) is 0 Å². The summed E-state index contributed by atoms with van der Waals surface area (Å²) in [6.45, 7) is 7.50. The number of carbonyl (C=O) groups is 1. The third-order valence-corrected chi connectivity index (χ3v) is 3.53. The van der Waals surface area contributed by atoms with E-state index < -0.39 is 0 Å². The van der Waals surface area contributed by atoms with Gasteiger partial charge in [0.1, 0.15) is 0 Å². The molecule has 1 saturated heterocycles. The van der Waals surface area contributed by atoms with Crippen molar-refractivity contribution >= 4 is 5.91 Å². The average Bonchev–Trinajstić information content (AvgIpc) is 2.66. The minimum absolute atomic E-state index is 0.0766. The molecular formula is C13H21N3O2. The van der Waals surface area contributed by atoms with E-state index in [0.29, 0.717) is 12.2 Å². The molecule has 0 bridgehead atoms. The van der Waals surface area contributed by atoms with Crippen LogP contribution in [0.3, 0.4) is 0 Å². The molecule has 5 heteroatoms. The van der Waals surface area contributed by atoms with Crippen LogP contribution in [-0.2, 0) is 4.74 Å². The van der Waals surface area contributed by atoms with Crippen LogP contribution in [0.15, 0.2) is 6.20 Å². The van der Waals surface area contributed by atoms with E-state index in [2.05, 4.69) is 18.9 Å². The lowest BCUT2D eigenvalue weighted by Crippen LogP contribution is -2.53. The van der Waals surface area contributed by atoms with Gasteiger partial charge < -0.3 is 9.64 Å². The summed E-state index contributed by atoms with van der Waals surface area (Å²) < 4.78 is 7.01. The normalized spacial score (nSPS) is 19.2. The number of aromatic nitrogens is 2. The molecule has 1 aliphatic heterocycles. The molecule has 2 rings (SSSR count). The standard InChI is InChI=1S/C13H21N3O2/c1-9(2)16-10(3)12(7-14-16)13(17)15-6-5-11(15)8-18-4/h7,9,11H,5-6,8H2,1-4H3. The maximum absolute atomic E-state index is 12.4. The van der Waals surface area contributed by atoms with Gasteiger partial charge in [-0.3, -0.25) is 9.48 Å². The van der Waals surface area contributed by atoms with E-state index in [4.69, 9.17) is 4.74 Å². The lowest BCUT2D eigenvalue weighted by molar-refractivity contribution is 0.0201. The Morgan fingerprint density at radius 1 is 1.61 bits per heavy atom. The molecule has 1 atom stereocenters. The molecule has 1 aliphatic rings. The summed E-state index contributed by atoms with van der Waals surface area (Å²) in [7, 11) is 1.67. The van der Waals surface area contributed by atoms with Gasteiger partial charge in [-0.05, 0) is 27.2 Å². The van der Waals surface area contributed by atoms with Gasteiger partial charge >= 0.3 is 0 Å². The van der Waals surface area contributed by atoms with Gasteiger partial charge in [-0.2, -0.15) is 5.10 Å². The first kappa shape index (κ1) is 13.1. The maximum atomic E-state index is 12.4. The highest BCUT2D eigenvalue weighted by Gasteiger charge is 2.34. The van der Waals surface area contributed by atoms with Gasteiger partial charge in [-0.25, -0.2) is 0 Å². The second-order valence-electron chi connectivity index (χ2n) is 5.08. The zero-order valence-corrected chi connectivity index (χ0v) is 11.5. The van der Waals surface area contributed by atoms with Crippen LogP contribution in [0, 0.1) is 6.92 Å². The van der Waals surface area contributed by atoms with Crippen LogP contribution < -0.4 is 0 Å². The molecule has 0 saturated carbocycles. The zero-order chi connectivity index (χ0) is 13.3. The largest absolute Gasteiger partial charge is 0.383 e. The highest BCUT2D eigenvalue weighted by molar-refractivity contribution is 5.95. The molecule has 0 radical (unpaired) electrons. The third kappa shape index (κ3) is 2.14. The van der Waals surface area contributed by atoms with Gasteiger partial charge in [0, 0.05) is 25.4 Å². The van der Waals surface area contributed by atoms with Crippen LogP contribution in [-0.4, -0.2) is 46.9 Å². The van der Waals surface area contributed by atoms with Crippen molar-refractivity contribution in [2.75, 3.05) is 20.3 Å². The number of hydrogen-bond acceptors (Lipinski definition) is 3. The molecule has 0 spiro atoms. The van der Waals surface area contributed by atoms with E-state index in [9.17, 15) is 4.79 Å². The molecule has 0 aromatic carbocycles. The lowest BCUT2D eigenvalue weighted by atomic mass is 10.0. The molecule has 1 aromatic rings. The Labute approximate surface area is 108 Å². The van der Waals surface area contributed by atoms with E-state index in [1.54, 1.807) is 13.3 Å². The second-order valence-corrected chi connectivity index (χ2v) is 5.08. The van der Waals surface area contributed by atoms with Gasteiger partial charge in [0.15, 0.2) is 0 Å². The fraction of sp³-hybridized carbons (Fsp3) is 0.692. The van der Waals surface area contributed by atoms with Crippen LogP contribution in [0.4, 0.5) is 0 Å². The van der Waals surface area contributed by atoms with E-state index in [-0.39, 0.29) is 18.0 Å². The summed E-state index contributed by atoms with van der Waals surface area (Å²) in [5, 5.41) is 4.29. The van der Waals surface area contributed by atoms with Crippen LogP contribution in [0.25, 0.3) is 0 Å². The van der Waals surface area contributed by atoms with Crippen molar-refractivity contribution in [3.05, 3.63) is 17.5 Å². The molecule has 5 nitrogen and oxygen atoms in total. The van der Waals surface area contributed by atoms with Gasteiger partial charge in [0.05, 0.1) is 24.4 Å². The van der Waals surface area contributed by atoms with E-state index in [1.165, 1.54) is 0 Å². The molecule has 0 N–H and O–H groups in total. The summed E-state index contributed by atoms with van der Waals surface area (Å²) in [6.07, 6.45) is 2.71. The molecule has 1 amide bonds. The molecule has 0 aliphatic carbocycles. The Morgan fingerprint density at radius 2 is 2.33 bits per heavy atom. The first-order valence-electron chi connectivity index (χ1n) is 6.40. The van der Waals surface area contributed by atoms with Crippen molar-refractivity contribution in [1.82, 2.24) is 14.7 Å². The fourth-order valence-electron chi connectivity index (χ4n) is 2.38. The Bertz CT molecular complexity index is 439. The molecule has 1 unspecified atom stereocenters. The first-order valence-corrected chi connectivity index (χ1v) is 6.40. The predicted molar refractivity (Wildman–Crippen MR) is 68.7 cm³/mol. The summed E-state index contributed by atoms with van der Waals surface area (Å²) in [4.78, 5) is 14.3. The monoisotopic (exact) mass is 251 g/mol. The topological polar surface area (TPSA) is 47.4 Å². The molecule has 18 heavy (non-hydrogen) atoms. The quantitative estimate of drug-likeness (QED) is 0.817. The lowest BCUT2D eigenvalue weighted by Gasteiger charge is -2.40. The number of rotatable bonds is 4. The Hall–Kier alpha value is -1.36. The van der Waals surface area contributed by atoms with Crippen molar-refractivity contribution in [1.29, 1.82) is 0 Å². The summed E-state index contributed by atoms with van der Waals surface area (Å²) in [6, 6.07) is 0.502. The highest BCUT2D eigenvalue weighted by Crippen LogP contribution is 2.23. The molecule has 2 heterocycles. The maximum Gasteiger partial charge on any atom is 0.257 e. The van der Waals surface area contributed by atoms with Gasteiger partial charge in [0.25, 0.3) is 5.91 Å². The van der Waals surface area contributed by atoms with E-state index >= 15 is 0 Å². The van der Waals surface area contributed by atoms with Crippen molar-refractivity contribution in [3.8, 4) is 0 Å². The van der Waals surface area contributed by atoms with Crippen molar-refractivity contribution in [2.24, 2.45) is 0 Å². The summed E-state index contributed by atoms with van der Waals surface area (Å²) in [5.74, 6) is 0.0766. The van der Waals surface area contributed by atoms with Crippen LogP contribution >= 0.6 is 0 Å². The number of carbonyl (C=O) groups excluding carboxylic acids is 1. The Kier molecular flexibility index (Phi) is 3.71. The number of ether oxygens (including phenoxy) is 1. The van der Waals surface area contributed by atoms with Gasteiger partial charge in [-0.1, -0.05) is 0 Å². The fourth-order valence-corrected chi connectivity index (χ4v) is 2.38. The molecular weight excluding hydrogens is 230 g/mol. The number of methoxy groups -OCH3 is 1. The average molecular weight is 251 g/mol. The highest BCUT2D eigenvalue weighted by atomic mass is 16.5. The number of nitrogens with zero attached hydrogens (tertiary/aromatic N) is 3. The number of likely N-dealkylation sites (tertiary alicyclic amines) is 1. The van der Waals surface area contributed by atoms with E-state index in [1.807, 2.05) is 16.5 Å². The first-order chi connectivity index (χ1) is 8.56. The summed E-state index contributed by atoms with van der Waals surface area (Å²) in [5.41, 5.74) is 1.66. The Balaban J connectivity index is 2.14. The SMILES string of the molecule is COCC1CCN1C(=O)c1cnn(C(C)C)c1C. The molecule has 1 fully saturated rings. The zero-order valence-electron chi connectivity index (χ0n) is 11.5. The Morgan fingerprint density at radius 3 is 2.78 bits per heavy atom. The minimum Gasteiger partial charge on any atom is -0.383 e. The summed E-state index contributed by atoms with van der Waals surface area (Å²) >= 11 is 0. The molecule has 1 aromatic heterocycles. The van der Waals surface area contributed by atoms with Gasteiger partial charge in [-0.15, -0.1) is 0 Å². The van der Waals surface area contributed by atoms with Crippen molar-refractivity contribution in [2.45, 2.75) is 39.3 Å². The molecule has 100 valence electrons. The second kappa shape index (κ2) is 5.10. The van der Waals surface area contributed by atoms with Crippen LogP contribution in [0.2, 0.25) is 0 Å². The van der Waals surface area contributed by atoms with Crippen LogP contribution in [0.5, 0.6) is 0 Å². The van der Waals surface area contributed by atoms with Crippen molar-refractivity contribution in [3.63, 3.8) is 0 Å². The van der Waals surface area contributed by atoms with E-state index in [0.717, 1.165) is 18.7 Å². The predicted octanol–water partition coefficient (Wildman–Crippen LogP) is 1.63. The number of hydrogen-bond donors (Lipinski definition) is 0. The third-order valence-electron chi connectivity index (χ3n) is 3.53. The minimum atomic E-state index is 0.0766. The van der Waals surface area contributed by atoms with Crippen LogP contribution in [0.1, 0.15) is 42.4 Å².